The second-order valence-corrected chi connectivity index (χ2v) is 5.24. The summed E-state index contributed by atoms with van der Waals surface area (Å²) in [7, 11) is 6.29. The molecule has 2 saturated heterocycles. The summed E-state index contributed by atoms with van der Waals surface area (Å²) in [5.74, 6) is 0.587. The van der Waals surface area contributed by atoms with Gasteiger partial charge < -0.3 is 5.01 Å². The normalized spacial score (nSPS) is 36.7. The Balaban J connectivity index is 2.22. The van der Waals surface area contributed by atoms with Crippen LogP contribution in [0.3, 0.4) is 0 Å². The van der Waals surface area contributed by atoms with E-state index in [1.807, 2.05) is 25.2 Å². The predicted octanol–water partition coefficient (Wildman–Crippen LogP) is 1.96. The third kappa shape index (κ3) is 2.01. The molecule has 1 unspecified atom stereocenters. The molecule has 0 saturated carbocycles. The summed E-state index contributed by atoms with van der Waals surface area (Å²) in [6.45, 7) is 3.89. The maximum absolute atomic E-state index is 4.69. The molecule has 2 bridgehead atoms. The van der Waals surface area contributed by atoms with Gasteiger partial charge in [0.15, 0.2) is 0 Å². The number of allylic oxidation sites excluding steroid dienone is 1. The Morgan fingerprint density at radius 1 is 1.50 bits per heavy atom. The molecule has 2 fully saturated rings. The van der Waals surface area contributed by atoms with Crippen molar-refractivity contribution in [2.45, 2.75) is 37.8 Å². The van der Waals surface area contributed by atoms with Gasteiger partial charge in [-0.1, -0.05) is 6.08 Å². The van der Waals surface area contributed by atoms with Gasteiger partial charge in [0, 0.05) is 44.2 Å². The number of hydrogen-bond donors (Lipinski definition) is 0. The molecule has 0 radical (unpaired) electrons. The van der Waals surface area contributed by atoms with E-state index in [2.05, 4.69) is 23.6 Å². The highest BCUT2D eigenvalue weighted by atomic mass is 15.4. The molecule has 0 aromatic rings. The molecule has 3 nitrogen and oxygen atoms in total. The van der Waals surface area contributed by atoms with Crippen molar-refractivity contribution in [2.75, 3.05) is 21.1 Å². The van der Waals surface area contributed by atoms with Crippen LogP contribution in [-0.2, 0) is 0 Å². The summed E-state index contributed by atoms with van der Waals surface area (Å²) < 4.78 is 0. The van der Waals surface area contributed by atoms with Crippen molar-refractivity contribution in [1.29, 1.82) is 0 Å². The Hall–Kier alpha value is -0.830. The summed E-state index contributed by atoms with van der Waals surface area (Å²) in [5.41, 5.74) is 1.38. The lowest BCUT2D eigenvalue weighted by atomic mass is 9.86. The molecule has 0 amide bonds. The molecule has 0 aliphatic carbocycles. The lowest BCUT2D eigenvalue weighted by Crippen LogP contribution is -2.47. The van der Waals surface area contributed by atoms with Gasteiger partial charge in [0.05, 0.1) is 0 Å². The number of piperidine rings is 1. The number of fused-ring (bicyclic) bond motifs is 2. The first-order chi connectivity index (χ1) is 7.63. The van der Waals surface area contributed by atoms with Crippen LogP contribution in [0.25, 0.3) is 0 Å². The largest absolute Gasteiger partial charge is 0.303 e. The van der Waals surface area contributed by atoms with E-state index in [4.69, 9.17) is 0 Å². The van der Waals surface area contributed by atoms with E-state index in [1.165, 1.54) is 18.6 Å². The second-order valence-electron chi connectivity index (χ2n) is 5.24. The Bertz CT molecular complexity index is 296. The Kier molecular flexibility index (Phi) is 3.33. The third-order valence-electron chi connectivity index (χ3n) is 3.98. The fraction of sp³-hybridized carbons (Fsp3) is 0.769. The molecule has 2 aliphatic rings. The molecule has 0 aromatic heterocycles. The van der Waals surface area contributed by atoms with E-state index in [0.29, 0.717) is 12.0 Å². The number of nitrogens with zero attached hydrogens (tertiary/aromatic N) is 3. The molecular formula is C13H23N3. The van der Waals surface area contributed by atoms with E-state index in [-0.39, 0.29) is 0 Å². The molecular weight excluding hydrogens is 198 g/mol. The van der Waals surface area contributed by atoms with Gasteiger partial charge in [-0.15, -0.1) is 6.58 Å². The number of hydrazone groups is 1. The van der Waals surface area contributed by atoms with Gasteiger partial charge >= 0.3 is 0 Å². The van der Waals surface area contributed by atoms with Crippen molar-refractivity contribution >= 4 is 5.71 Å². The molecule has 2 rings (SSSR count). The summed E-state index contributed by atoms with van der Waals surface area (Å²) in [6.07, 6.45) is 6.91. The van der Waals surface area contributed by atoms with Gasteiger partial charge in [-0.25, -0.2) is 0 Å². The van der Waals surface area contributed by atoms with Crippen LogP contribution >= 0.6 is 0 Å². The zero-order valence-electron chi connectivity index (χ0n) is 10.7. The van der Waals surface area contributed by atoms with Crippen molar-refractivity contribution in [3.05, 3.63) is 12.7 Å². The summed E-state index contributed by atoms with van der Waals surface area (Å²) in [5, 5.41) is 6.63. The van der Waals surface area contributed by atoms with Crippen LogP contribution in [0.5, 0.6) is 0 Å². The monoisotopic (exact) mass is 221 g/mol. The van der Waals surface area contributed by atoms with Crippen LogP contribution in [0.15, 0.2) is 17.8 Å². The topological polar surface area (TPSA) is 18.8 Å². The van der Waals surface area contributed by atoms with Gasteiger partial charge in [-0.2, -0.15) is 5.10 Å². The Morgan fingerprint density at radius 3 is 2.88 bits per heavy atom. The highest BCUT2D eigenvalue weighted by Gasteiger charge is 2.43. The minimum atomic E-state index is 0.587. The van der Waals surface area contributed by atoms with E-state index in [0.717, 1.165) is 18.9 Å². The zero-order chi connectivity index (χ0) is 11.7. The quantitative estimate of drug-likeness (QED) is 0.536. The van der Waals surface area contributed by atoms with Crippen LogP contribution in [0.4, 0.5) is 0 Å². The van der Waals surface area contributed by atoms with Gasteiger partial charge in [0.2, 0.25) is 0 Å². The summed E-state index contributed by atoms with van der Waals surface area (Å²) in [6, 6.07) is 1.42. The maximum atomic E-state index is 4.69. The smallest absolute Gasteiger partial charge is 0.0445 e. The van der Waals surface area contributed by atoms with E-state index in [1.54, 1.807) is 0 Å². The molecule has 0 spiro atoms. The van der Waals surface area contributed by atoms with Crippen LogP contribution in [0.1, 0.15) is 25.7 Å². The number of rotatable bonds is 3. The molecule has 0 N–H and O–H groups in total. The second kappa shape index (κ2) is 4.58. The van der Waals surface area contributed by atoms with Crippen molar-refractivity contribution in [2.24, 2.45) is 11.0 Å². The molecule has 3 heteroatoms. The van der Waals surface area contributed by atoms with Crippen molar-refractivity contribution in [1.82, 2.24) is 9.91 Å². The van der Waals surface area contributed by atoms with Crippen molar-refractivity contribution in [3.63, 3.8) is 0 Å². The van der Waals surface area contributed by atoms with Crippen molar-refractivity contribution < 1.29 is 0 Å². The molecule has 90 valence electrons. The first-order valence-electron chi connectivity index (χ1n) is 6.21. The van der Waals surface area contributed by atoms with Gasteiger partial charge in [-0.3, -0.25) is 4.90 Å². The van der Waals surface area contributed by atoms with Crippen LogP contribution in [0.2, 0.25) is 0 Å². The molecule has 3 atom stereocenters. The third-order valence-corrected chi connectivity index (χ3v) is 3.98. The lowest BCUT2D eigenvalue weighted by molar-refractivity contribution is 0.188. The SMILES string of the molecule is C=CCC1/C(=N/N(C)C)C[C@H]2CC[C@@H]1N2C. The van der Waals surface area contributed by atoms with Gasteiger partial charge in [0.1, 0.15) is 0 Å². The van der Waals surface area contributed by atoms with E-state index >= 15 is 0 Å². The molecule has 2 aliphatic heterocycles. The highest BCUT2D eigenvalue weighted by Crippen LogP contribution is 2.38. The summed E-state index contributed by atoms with van der Waals surface area (Å²) >= 11 is 0. The average Bonchev–Trinajstić information content (AvgIpc) is 2.46. The van der Waals surface area contributed by atoms with E-state index in [9.17, 15) is 0 Å². The standard InChI is InChI=1S/C13H23N3/c1-5-6-11-12(14-15(2)3)9-10-7-8-13(11)16(10)4/h5,10-11,13H,1,6-9H2,2-4H3/b14-12+/t10-,11?,13+/m1/s1. The van der Waals surface area contributed by atoms with Gasteiger partial charge in [0.25, 0.3) is 0 Å². The minimum absolute atomic E-state index is 0.587. The fourth-order valence-electron chi connectivity index (χ4n) is 3.23. The predicted molar refractivity (Wildman–Crippen MR) is 68.6 cm³/mol. The first-order valence-corrected chi connectivity index (χ1v) is 6.21. The summed E-state index contributed by atoms with van der Waals surface area (Å²) in [4.78, 5) is 2.56. The zero-order valence-corrected chi connectivity index (χ0v) is 10.7. The number of hydrogen-bond acceptors (Lipinski definition) is 3. The lowest BCUT2D eigenvalue weighted by Gasteiger charge is -2.38. The van der Waals surface area contributed by atoms with Gasteiger partial charge in [-0.05, 0) is 26.3 Å². The first kappa shape index (κ1) is 11.6. The molecule has 0 aromatic carbocycles. The minimum Gasteiger partial charge on any atom is -0.303 e. The van der Waals surface area contributed by atoms with Crippen molar-refractivity contribution in [3.8, 4) is 0 Å². The molecule has 16 heavy (non-hydrogen) atoms. The Labute approximate surface area is 98.8 Å². The van der Waals surface area contributed by atoms with Crippen LogP contribution in [0, 0.1) is 5.92 Å². The van der Waals surface area contributed by atoms with Crippen LogP contribution < -0.4 is 0 Å². The van der Waals surface area contributed by atoms with E-state index < -0.39 is 0 Å². The molecule has 2 heterocycles. The average molecular weight is 221 g/mol. The Morgan fingerprint density at radius 2 is 2.25 bits per heavy atom. The fourth-order valence-corrected chi connectivity index (χ4v) is 3.23. The van der Waals surface area contributed by atoms with Crippen LogP contribution in [-0.4, -0.2) is 48.8 Å². The maximum Gasteiger partial charge on any atom is 0.0445 e. The highest BCUT2D eigenvalue weighted by molar-refractivity contribution is 5.89.